The fourth-order valence-electron chi connectivity index (χ4n) is 3.25. The SMILES string of the molecule is C=Cc1c(/C(=C\C)C(=O)NC(CC)c2ccnc(Cl)c2)cnn1-c1ccc(F)cc1. The van der Waals surface area contributed by atoms with Crippen molar-refractivity contribution in [3.8, 4) is 5.69 Å². The van der Waals surface area contributed by atoms with Gasteiger partial charge in [-0.05, 0) is 61.4 Å². The predicted octanol–water partition coefficient (Wildman–Crippen LogP) is 5.37. The van der Waals surface area contributed by atoms with E-state index < -0.39 is 0 Å². The summed E-state index contributed by atoms with van der Waals surface area (Å²) < 4.78 is 14.9. The summed E-state index contributed by atoms with van der Waals surface area (Å²) in [5.74, 6) is -0.569. The van der Waals surface area contributed by atoms with E-state index >= 15 is 0 Å². The maximum atomic E-state index is 13.3. The van der Waals surface area contributed by atoms with Crippen molar-refractivity contribution in [2.75, 3.05) is 0 Å². The van der Waals surface area contributed by atoms with Gasteiger partial charge in [-0.15, -0.1) is 0 Å². The Hall–Kier alpha value is -3.25. The van der Waals surface area contributed by atoms with Crippen molar-refractivity contribution in [1.82, 2.24) is 20.1 Å². The summed E-state index contributed by atoms with van der Waals surface area (Å²) >= 11 is 6.00. The summed E-state index contributed by atoms with van der Waals surface area (Å²) in [6.45, 7) is 7.64. The lowest BCUT2D eigenvalue weighted by Crippen LogP contribution is -2.29. The zero-order chi connectivity index (χ0) is 21.7. The summed E-state index contributed by atoms with van der Waals surface area (Å²) in [4.78, 5) is 17.1. The largest absolute Gasteiger partial charge is 0.345 e. The summed E-state index contributed by atoms with van der Waals surface area (Å²) in [7, 11) is 0. The third-order valence-electron chi connectivity index (χ3n) is 4.76. The first-order valence-corrected chi connectivity index (χ1v) is 9.91. The highest BCUT2D eigenvalue weighted by Crippen LogP contribution is 2.26. The Balaban J connectivity index is 1.91. The van der Waals surface area contributed by atoms with Crippen molar-refractivity contribution in [2.45, 2.75) is 26.3 Å². The van der Waals surface area contributed by atoms with Crippen LogP contribution in [-0.4, -0.2) is 20.7 Å². The van der Waals surface area contributed by atoms with Gasteiger partial charge < -0.3 is 5.32 Å². The molecule has 1 N–H and O–H groups in total. The van der Waals surface area contributed by atoms with Crippen LogP contribution in [0.5, 0.6) is 0 Å². The Kier molecular flexibility index (Phi) is 6.79. The number of carbonyl (C=O) groups is 1. The lowest BCUT2D eigenvalue weighted by atomic mass is 10.0. The molecule has 0 aliphatic heterocycles. The summed E-state index contributed by atoms with van der Waals surface area (Å²) in [5.41, 5.74) is 3.30. The Bertz CT molecular complexity index is 1090. The summed E-state index contributed by atoms with van der Waals surface area (Å²) in [6, 6.07) is 9.32. The lowest BCUT2D eigenvalue weighted by molar-refractivity contribution is -0.116. The van der Waals surface area contributed by atoms with Gasteiger partial charge in [-0.2, -0.15) is 5.10 Å². The fraction of sp³-hybridized carbons (Fsp3) is 0.174. The normalized spacial score (nSPS) is 12.5. The molecule has 0 saturated heterocycles. The average molecular weight is 425 g/mol. The molecule has 1 amide bonds. The van der Waals surface area contributed by atoms with Crippen LogP contribution in [0.2, 0.25) is 5.15 Å². The highest BCUT2D eigenvalue weighted by molar-refractivity contribution is 6.29. The van der Waals surface area contributed by atoms with Crippen LogP contribution >= 0.6 is 11.6 Å². The van der Waals surface area contributed by atoms with E-state index in [1.54, 1.807) is 54.4 Å². The molecule has 154 valence electrons. The number of hydrogen-bond donors (Lipinski definition) is 1. The molecule has 2 heterocycles. The number of nitrogens with one attached hydrogen (secondary N) is 1. The molecule has 0 bridgehead atoms. The lowest BCUT2D eigenvalue weighted by Gasteiger charge is -2.19. The van der Waals surface area contributed by atoms with Crippen LogP contribution in [0.1, 0.15) is 43.1 Å². The maximum absolute atomic E-state index is 13.3. The second-order valence-corrected chi connectivity index (χ2v) is 6.97. The average Bonchev–Trinajstić information content (AvgIpc) is 3.16. The topological polar surface area (TPSA) is 59.8 Å². The number of rotatable bonds is 7. The first kappa shape index (κ1) is 21.5. The molecule has 0 aliphatic rings. The second kappa shape index (κ2) is 9.50. The smallest absolute Gasteiger partial charge is 0.252 e. The molecule has 2 aromatic heterocycles. The van der Waals surface area contributed by atoms with Crippen LogP contribution in [0.3, 0.4) is 0 Å². The van der Waals surface area contributed by atoms with Gasteiger partial charge in [0.1, 0.15) is 11.0 Å². The number of aromatic nitrogens is 3. The maximum Gasteiger partial charge on any atom is 0.252 e. The Morgan fingerprint density at radius 1 is 1.33 bits per heavy atom. The zero-order valence-electron chi connectivity index (χ0n) is 16.8. The van der Waals surface area contributed by atoms with Gasteiger partial charge in [-0.25, -0.2) is 14.1 Å². The predicted molar refractivity (Wildman–Crippen MR) is 118 cm³/mol. The number of benzene rings is 1. The number of carbonyl (C=O) groups excluding carboxylic acids is 1. The molecular formula is C23H22ClFN4O. The van der Waals surface area contributed by atoms with Crippen LogP contribution in [0.15, 0.2) is 61.4 Å². The van der Waals surface area contributed by atoms with Crippen LogP contribution in [0.25, 0.3) is 17.3 Å². The van der Waals surface area contributed by atoms with Crippen molar-refractivity contribution in [3.05, 3.63) is 89.2 Å². The third kappa shape index (κ3) is 4.49. The number of amides is 1. The van der Waals surface area contributed by atoms with Crippen molar-refractivity contribution >= 4 is 29.2 Å². The quantitative estimate of drug-likeness (QED) is 0.409. The molecule has 30 heavy (non-hydrogen) atoms. The second-order valence-electron chi connectivity index (χ2n) is 6.58. The number of allylic oxidation sites excluding steroid dienone is 1. The highest BCUT2D eigenvalue weighted by Gasteiger charge is 2.21. The van der Waals surface area contributed by atoms with Crippen molar-refractivity contribution in [3.63, 3.8) is 0 Å². The van der Waals surface area contributed by atoms with Gasteiger partial charge in [0.05, 0.1) is 23.6 Å². The van der Waals surface area contributed by atoms with Gasteiger partial charge in [0, 0.05) is 17.3 Å². The molecule has 0 radical (unpaired) electrons. The molecular weight excluding hydrogens is 403 g/mol. The Morgan fingerprint density at radius 3 is 2.67 bits per heavy atom. The van der Waals surface area contributed by atoms with Crippen LogP contribution in [-0.2, 0) is 4.79 Å². The molecule has 1 atom stereocenters. The van der Waals surface area contributed by atoms with E-state index in [9.17, 15) is 9.18 Å². The molecule has 3 aromatic rings. The van der Waals surface area contributed by atoms with Gasteiger partial charge in [-0.3, -0.25) is 4.79 Å². The minimum Gasteiger partial charge on any atom is -0.345 e. The molecule has 0 spiro atoms. The first-order chi connectivity index (χ1) is 14.5. The summed E-state index contributed by atoms with van der Waals surface area (Å²) in [6.07, 6.45) is 7.28. The van der Waals surface area contributed by atoms with Gasteiger partial charge >= 0.3 is 0 Å². The molecule has 1 aromatic carbocycles. The van der Waals surface area contributed by atoms with Crippen molar-refractivity contribution < 1.29 is 9.18 Å². The standard InChI is InChI=1S/C23H22ClFN4O/c1-4-18(23(30)28-20(5-2)15-11-12-26-22(24)13-15)19-14-27-29(21(19)6-3)17-9-7-16(25)8-10-17/h4,6-14,20H,3,5H2,1-2H3,(H,28,30)/b18-4+. The van der Waals surface area contributed by atoms with Crippen LogP contribution in [0, 0.1) is 5.82 Å². The Labute approximate surface area is 179 Å². The number of halogens is 2. The van der Waals surface area contributed by atoms with E-state index in [0.29, 0.717) is 34.1 Å². The third-order valence-corrected chi connectivity index (χ3v) is 4.97. The molecule has 1 unspecified atom stereocenters. The van der Waals surface area contributed by atoms with E-state index in [1.165, 1.54) is 12.1 Å². The van der Waals surface area contributed by atoms with Gasteiger partial charge in [0.15, 0.2) is 0 Å². The Morgan fingerprint density at radius 2 is 2.07 bits per heavy atom. The molecule has 0 saturated carbocycles. The van der Waals surface area contributed by atoms with Crippen molar-refractivity contribution in [1.29, 1.82) is 0 Å². The zero-order valence-corrected chi connectivity index (χ0v) is 17.5. The molecule has 5 nitrogen and oxygen atoms in total. The molecule has 0 aliphatic carbocycles. The van der Waals surface area contributed by atoms with E-state index in [1.807, 2.05) is 13.0 Å². The van der Waals surface area contributed by atoms with Crippen LogP contribution < -0.4 is 5.32 Å². The number of pyridine rings is 1. The fourth-order valence-corrected chi connectivity index (χ4v) is 3.43. The minimum atomic E-state index is -0.332. The molecule has 0 fully saturated rings. The molecule has 7 heteroatoms. The van der Waals surface area contributed by atoms with Crippen molar-refractivity contribution in [2.24, 2.45) is 0 Å². The van der Waals surface area contributed by atoms with Gasteiger partial charge in [0.25, 0.3) is 5.91 Å². The monoisotopic (exact) mass is 424 g/mol. The van der Waals surface area contributed by atoms with E-state index in [0.717, 1.165) is 5.56 Å². The summed E-state index contributed by atoms with van der Waals surface area (Å²) in [5, 5.41) is 7.81. The van der Waals surface area contributed by atoms with E-state index in [4.69, 9.17) is 11.6 Å². The van der Waals surface area contributed by atoms with E-state index in [-0.39, 0.29) is 17.8 Å². The number of nitrogens with zero attached hydrogens (tertiary/aromatic N) is 3. The first-order valence-electron chi connectivity index (χ1n) is 9.53. The highest BCUT2D eigenvalue weighted by atomic mass is 35.5. The number of hydrogen-bond acceptors (Lipinski definition) is 3. The van der Waals surface area contributed by atoms with Crippen LogP contribution in [0.4, 0.5) is 4.39 Å². The van der Waals surface area contributed by atoms with Gasteiger partial charge in [0.2, 0.25) is 0 Å². The van der Waals surface area contributed by atoms with E-state index in [2.05, 4.69) is 22.0 Å². The molecule has 3 rings (SSSR count). The van der Waals surface area contributed by atoms with Gasteiger partial charge in [-0.1, -0.05) is 31.2 Å². The minimum absolute atomic E-state index is 0.215.